The molecule has 0 spiro atoms. The fourth-order valence-electron chi connectivity index (χ4n) is 2.44. The van der Waals surface area contributed by atoms with Gasteiger partial charge in [-0.1, -0.05) is 32.5 Å². The van der Waals surface area contributed by atoms with E-state index in [0.717, 1.165) is 12.3 Å². The summed E-state index contributed by atoms with van der Waals surface area (Å²) in [6.45, 7) is 4.42. The molecule has 1 aliphatic carbocycles. The molecule has 1 amide bonds. The number of rotatable bonds is 4. The Morgan fingerprint density at radius 2 is 2.20 bits per heavy atom. The number of hydrogen-bond donors (Lipinski definition) is 2. The number of nitrogens with two attached hydrogens (primary N) is 1. The van der Waals surface area contributed by atoms with Crippen LogP contribution in [-0.4, -0.2) is 16.9 Å². The van der Waals surface area contributed by atoms with Gasteiger partial charge in [-0.15, -0.1) is 0 Å². The summed E-state index contributed by atoms with van der Waals surface area (Å²) in [6, 6.07) is 0.316. The van der Waals surface area contributed by atoms with Crippen molar-refractivity contribution in [1.29, 1.82) is 0 Å². The highest BCUT2D eigenvalue weighted by molar-refractivity contribution is 7.80. The molecular formula is C11H20N2OS. The average Bonchev–Trinajstić information content (AvgIpc) is 2.46. The molecule has 1 aliphatic rings. The molecule has 3 atom stereocenters. The molecule has 0 radical (unpaired) electrons. The van der Waals surface area contributed by atoms with Crippen molar-refractivity contribution in [3.63, 3.8) is 0 Å². The van der Waals surface area contributed by atoms with Crippen molar-refractivity contribution in [2.75, 3.05) is 0 Å². The van der Waals surface area contributed by atoms with E-state index < -0.39 is 0 Å². The zero-order valence-corrected chi connectivity index (χ0v) is 10.3. The fraction of sp³-hybridized carbons (Fsp3) is 0.818. The minimum Gasteiger partial charge on any atom is -0.393 e. The second-order valence-corrected chi connectivity index (χ2v) is 4.95. The van der Waals surface area contributed by atoms with E-state index in [9.17, 15) is 4.79 Å². The summed E-state index contributed by atoms with van der Waals surface area (Å²) >= 11 is 4.71. The van der Waals surface area contributed by atoms with E-state index in [1.54, 1.807) is 0 Å². The summed E-state index contributed by atoms with van der Waals surface area (Å²) in [7, 11) is 0. The van der Waals surface area contributed by atoms with Gasteiger partial charge >= 0.3 is 0 Å². The molecule has 1 fully saturated rings. The Morgan fingerprint density at radius 1 is 1.53 bits per heavy atom. The van der Waals surface area contributed by atoms with Gasteiger partial charge in [0.2, 0.25) is 5.91 Å². The predicted molar refractivity (Wildman–Crippen MR) is 65.5 cm³/mol. The Labute approximate surface area is 96.8 Å². The van der Waals surface area contributed by atoms with Crippen LogP contribution in [0.25, 0.3) is 0 Å². The molecule has 3 nitrogen and oxygen atoms in total. The maximum Gasteiger partial charge on any atom is 0.227 e. The van der Waals surface area contributed by atoms with E-state index in [2.05, 4.69) is 19.2 Å². The molecule has 0 aromatic carbocycles. The van der Waals surface area contributed by atoms with Crippen LogP contribution in [0.15, 0.2) is 0 Å². The molecule has 0 aromatic heterocycles. The second-order valence-electron chi connectivity index (χ2n) is 4.42. The van der Waals surface area contributed by atoms with Crippen LogP contribution >= 0.6 is 12.2 Å². The summed E-state index contributed by atoms with van der Waals surface area (Å²) in [5.74, 6) is 1.29. The average molecular weight is 228 g/mol. The maximum absolute atomic E-state index is 11.5. The van der Waals surface area contributed by atoms with Crippen molar-refractivity contribution in [1.82, 2.24) is 5.32 Å². The van der Waals surface area contributed by atoms with Gasteiger partial charge in [-0.3, -0.25) is 4.79 Å². The van der Waals surface area contributed by atoms with Gasteiger partial charge in [-0.25, -0.2) is 0 Å². The Hall–Kier alpha value is -0.640. The van der Waals surface area contributed by atoms with Gasteiger partial charge in [0.05, 0.1) is 11.4 Å². The highest BCUT2D eigenvalue weighted by Gasteiger charge is 2.32. The molecule has 1 rings (SSSR count). The highest BCUT2D eigenvalue weighted by atomic mass is 32.1. The number of carbonyl (C=O) groups is 1. The summed E-state index contributed by atoms with van der Waals surface area (Å²) in [5.41, 5.74) is 5.33. The van der Waals surface area contributed by atoms with Crippen LogP contribution < -0.4 is 11.1 Å². The van der Waals surface area contributed by atoms with Gasteiger partial charge in [-0.05, 0) is 24.7 Å². The first kappa shape index (κ1) is 12.4. The largest absolute Gasteiger partial charge is 0.393 e. The van der Waals surface area contributed by atoms with E-state index in [1.807, 2.05) is 0 Å². The lowest BCUT2D eigenvalue weighted by molar-refractivity contribution is -0.120. The number of nitrogens with one attached hydrogen (secondary N) is 1. The Morgan fingerprint density at radius 3 is 2.67 bits per heavy atom. The smallest absolute Gasteiger partial charge is 0.227 e. The molecule has 0 heterocycles. The molecule has 0 bridgehead atoms. The minimum absolute atomic E-state index is 0.0314. The van der Waals surface area contributed by atoms with Crippen LogP contribution in [0.2, 0.25) is 0 Å². The van der Waals surface area contributed by atoms with Gasteiger partial charge < -0.3 is 11.1 Å². The second kappa shape index (κ2) is 5.45. The summed E-state index contributed by atoms with van der Waals surface area (Å²) < 4.78 is 0. The SMILES string of the molecule is CCC1CCC(NC(=O)CC(N)=S)C1C. The van der Waals surface area contributed by atoms with Gasteiger partial charge in [-0.2, -0.15) is 0 Å². The Bertz CT molecular complexity index is 255. The monoisotopic (exact) mass is 228 g/mol. The van der Waals surface area contributed by atoms with E-state index in [1.165, 1.54) is 12.8 Å². The molecule has 0 aliphatic heterocycles. The zero-order chi connectivity index (χ0) is 11.4. The van der Waals surface area contributed by atoms with Gasteiger partial charge in [0, 0.05) is 6.04 Å². The molecule has 3 unspecified atom stereocenters. The molecule has 15 heavy (non-hydrogen) atoms. The van der Waals surface area contributed by atoms with Gasteiger partial charge in [0.15, 0.2) is 0 Å². The van der Waals surface area contributed by atoms with Crippen LogP contribution in [0.5, 0.6) is 0 Å². The van der Waals surface area contributed by atoms with Crippen LogP contribution in [-0.2, 0) is 4.79 Å². The number of amides is 1. The summed E-state index contributed by atoms with van der Waals surface area (Å²) in [6.07, 6.45) is 3.68. The van der Waals surface area contributed by atoms with E-state index in [0.29, 0.717) is 12.0 Å². The Balaban J connectivity index is 2.40. The van der Waals surface area contributed by atoms with Crippen molar-refractivity contribution in [3.05, 3.63) is 0 Å². The quantitative estimate of drug-likeness (QED) is 0.719. The normalized spacial score (nSPS) is 30.1. The van der Waals surface area contributed by atoms with E-state index >= 15 is 0 Å². The molecule has 4 heteroatoms. The van der Waals surface area contributed by atoms with Crippen molar-refractivity contribution in [2.45, 2.75) is 45.6 Å². The van der Waals surface area contributed by atoms with Crippen LogP contribution in [0.1, 0.15) is 39.5 Å². The molecule has 0 saturated heterocycles. The van der Waals surface area contributed by atoms with Crippen molar-refractivity contribution in [3.8, 4) is 0 Å². The number of thiocarbonyl (C=S) groups is 1. The lowest BCUT2D eigenvalue weighted by Crippen LogP contribution is -2.38. The molecule has 1 saturated carbocycles. The summed E-state index contributed by atoms with van der Waals surface area (Å²) in [5, 5.41) is 3.02. The predicted octanol–water partition coefficient (Wildman–Crippen LogP) is 1.60. The third-order valence-corrected chi connectivity index (χ3v) is 3.58. The molecule has 3 N–H and O–H groups in total. The van der Waals surface area contributed by atoms with Gasteiger partial charge in [0.25, 0.3) is 0 Å². The lowest BCUT2D eigenvalue weighted by Gasteiger charge is -2.20. The number of hydrogen-bond acceptors (Lipinski definition) is 2. The topological polar surface area (TPSA) is 55.1 Å². The van der Waals surface area contributed by atoms with Crippen LogP contribution in [0.3, 0.4) is 0 Å². The van der Waals surface area contributed by atoms with Crippen LogP contribution in [0, 0.1) is 11.8 Å². The maximum atomic E-state index is 11.5. The first-order chi connectivity index (χ1) is 7.04. The van der Waals surface area contributed by atoms with E-state index in [4.69, 9.17) is 18.0 Å². The minimum atomic E-state index is -0.0314. The van der Waals surface area contributed by atoms with Crippen molar-refractivity contribution in [2.24, 2.45) is 17.6 Å². The van der Waals surface area contributed by atoms with Crippen molar-refractivity contribution >= 4 is 23.1 Å². The highest BCUT2D eigenvalue weighted by Crippen LogP contribution is 2.33. The van der Waals surface area contributed by atoms with Crippen LogP contribution in [0.4, 0.5) is 0 Å². The third kappa shape index (κ3) is 3.45. The molecule has 86 valence electrons. The van der Waals surface area contributed by atoms with E-state index in [-0.39, 0.29) is 17.3 Å². The standard InChI is InChI=1S/C11H20N2OS/c1-3-8-4-5-9(7(8)2)13-11(14)6-10(12)15/h7-9H,3-6H2,1-2H3,(H2,12,15)(H,13,14). The lowest BCUT2D eigenvalue weighted by atomic mass is 9.93. The molecule has 0 aromatic rings. The first-order valence-electron chi connectivity index (χ1n) is 5.62. The van der Waals surface area contributed by atoms with Gasteiger partial charge in [0.1, 0.15) is 0 Å². The molecular weight excluding hydrogens is 208 g/mol. The summed E-state index contributed by atoms with van der Waals surface area (Å²) in [4.78, 5) is 11.7. The van der Waals surface area contributed by atoms with Crippen molar-refractivity contribution < 1.29 is 4.79 Å². The first-order valence-corrected chi connectivity index (χ1v) is 6.03. The third-order valence-electron chi connectivity index (χ3n) is 3.43. The zero-order valence-electron chi connectivity index (χ0n) is 9.45. The fourth-order valence-corrected chi connectivity index (χ4v) is 2.57. The number of carbonyl (C=O) groups excluding carboxylic acids is 1. The Kier molecular flexibility index (Phi) is 4.51.